The van der Waals surface area contributed by atoms with Gasteiger partial charge in [-0.1, -0.05) is 46.6 Å². The molecule has 0 saturated carbocycles. The van der Waals surface area contributed by atoms with Gasteiger partial charge >= 0.3 is 0 Å². The topological polar surface area (TPSA) is 29.5 Å². The van der Waals surface area contributed by atoms with Crippen LogP contribution in [0.1, 0.15) is 84.3 Å². The van der Waals surface area contributed by atoms with Gasteiger partial charge in [0.15, 0.2) is 0 Å². The van der Waals surface area contributed by atoms with Crippen LogP contribution in [-0.4, -0.2) is 12.2 Å². The van der Waals surface area contributed by atoms with Gasteiger partial charge in [0.1, 0.15) is 11.5 Å². The fraction of sp³-hybridized carbons (Fsp3) is 0.500. The average Bonchev–Trinajstić information content (AvgIpc) is 2.68. The lowest BCUT2D eigenvalue weighted by Gasteiger charge is -2.09. The van der Waals surface area contributed by atoms with E-state index >= 15 is 0 Å². The lowest BCUT2D eigenvalue weighted by atomic mass is 10.0. The van der Waals surface area contributed by atoms with E-state index in [4.69, 9.17) is 4.74 Å². The standard InChI is InChI=1S/C28H42O2/c1-21(2)11-8-12-22(3)13-9-14-23(4)15-10-16-24(5)17-18-26-20-27(30-7)19-25(6)28(26)29/h11,13,15,17,19-20,29H,8-10,12,14,16,18H2,1-7H3/b22-13+,23-15+,24-17+. The van der Waals surface area contributed by atoms with E-state index in [9.17, 15) is 5.11 Å². The Kier molecular flexibility index (Phi) is 12.0. The Balaban J connectivity index is 2.43. The number of phenols is 1. The second-order valence-corrected chi connectivity index (χ2v) is 8.71. The Hall–Kier alpha value is -2.22. The van der Waals surface area contributed by atoms with Gasteiger partial charge in [-0.05, 0) is 104 Å². The Bertz CT molecular complexity index is 787. The van der Waals surface area contributed by atoms with Gasteiger partial charge < -0.3 is 9.84 Å². The molecule has 1 aromatic carbocycles. The molecule has 1 aromatic rings. The molecule has 0 spiro atoms. The Morgan fingerprint density at radius 1 is 0.800 bits per heavy atom. The number of rotatable bonds is 12. The summed E-state index contributed by atoms with van der Waals surface area (Å²) in [5.41, 5.74) is 7.50. The highest BCUT2D eigenvalue weighted by molar-refractivity contribution is 5.46. The highest BCUT2D eigenvalue weighted by atomic mass is 16.5. The molecule has 0 unspecified atom stereocenters. The second kappa shape index (κ2) is 13.9. The highest BCUT2D eigenvalue weighted by Crippen LogP contribution is 2.28. The molecule has 30 heavy (non-hydrogen) atoms. The van der Waals surface area contributed by atoms with Gasteiger partial charge in [-0.25, -0.2) is 0 Å². The van der Waals surface area contributed by atoms with E-state index in [1.54, 1.807) is 7.11 Å². The average molecular weight is 411 g/mol. The maximum Gasteiger partial charge on any atom is 0.122 e. The Morgan fingerprint density at radius 2 is 1.30 bits per heavy atom. The van der Waals surface area contributed by atoms with E-state index in [1.807, 2.05) is 19.1 Å². The van der Waals surface area contributed by atoms with Crippen LogP contribution in [0.5, 0.6) is 11.5 Å². The van der Waals surface area contributed by atoms with Crippen LogP contribution in [0.25, 0.3) is 0 Å². The first-order chi connectivity index (χ1) is 14.2. The second-order valence-electron chi connectivity index (χ2n) is 8.71. The van der Waals surface area contributed by atoms with Gasteiger partial charge in [0.05, 0.1) is 7.11 Å². The zero-order chi connectivity index (χ0) is 22.5. The van der Waals surface area contributed by atoms with Crippen molar-refractivity contribution in [3.63, 3.8) is 0 Å². The van der Waals surface area contributed by atoms with Crippen molar-refractivity contribution in [1.82, 2.24) is 0 Å². The first kappa shape index (κ1) is 25.8. The predicted octanol–water partition coefficient (Wildman–Crippen LogP) is 8.40. The van der Waals surface area contributed by atoms with Crippen molar-refractivity contribution in [2.24, 2.45) is 0 Å². The van der Waals surface area contributed by atoms with Crippen LogP contribution in [0.4, 0.5) is 0 Å². The smallest absolute Gasteiger partial charge is 0.122 e. The molecule has 1 rings (SSSR count). The monoisotopic (exact) mass is 410 g/mol. The lowest BCUT2D eigenvalue weighted by molar-refractivity contribution is 0.410. The summed E-state index contributed by atoms with van der Waals surface area (Å²) in [7, 11) is 1.66. The zero-order valence-corrected chi connectivity index (χ0v) is 20.3. The van der Waals surface area contributed by atoms with E-state index in [0.29, 0.717) is 5.75 Å². The van der Waals surface area contributed by atoms with Gasteiger partial charge in [0.2, 0.25) is 0 Å². The highest BCUT2D eigenvalue weighted by Gasteiger charge is 2.06. The van der Waals surface area contributed by atoms with Crippen LogP contribution in [0.3, 0.4) is 0 Å². The number of phenolic OH excluding ortho intramolecular Hbond substituents is 1. The van der Waals surface area contributed by atoms with Crippen molar-refractivity contribution in [2.75, 3.05) is 7.11 Å². The minimum Gasteiger partial charge on any atom is -0.507 e. The summed E-state index contributed by atoms with van der Waals surface area (Å²) < 4.78 is 5.32. The minimum atomic E-state index is 0.375. The lowest BCUT2D eigenvalue weighted by Crippen LogP contribution is -1.91. The number of hydrogen-bond donors (Lipinski definition) is 1. The fourth-order valence-corrected chi connectivity index (χ4v) is 3.36. The number of hydrogen-bond acceptors (Lipinski definition) is 2. The third-order valence-corrected chi connectivity index (χ3v) is 5.41. The third kappa shape index (κ3) is 10.5. The first-order valence-electron chi connectivity index (χ1n) is 11.2. The molecule has 0 amide bonds. The number of ether oxygens (including phenoxy) is 1. The van der Waals surface area contributed by atoms with Crippen molar-refractivity contribution in [2.45, 2.75) is 86.5 Å². The largest absolute Gasteiger partial charge is 0.507 e. The number of allylic oxidation sites excluding steroid dienone is 8. The number of benzene rings is 1. The number of aromatic hydroxyl groups is 1. The van der Waals surface area contributed by atoms with E-state index in [1.165, 1.54) is 28.7 Å². The molecule has 166 valence electrons. The molecule has 0 aliphatic heterocycles. The first-order valence-corrected chi connectivity index (χ1v) is 11.2. The van der Waals surface area contributed by atoms with Crippen LogP contribution in [-0.2, 0) is 6.42 Å². The fourth-order valence-electron chi connectivity index (χ4n) is 3.36. The predicted molar refractivity (Wildman–Crippen MR) is 132 cm³/mol. The van der Waals surface area contributed by atoms with Gasteiger partial charge in [-0.3, -0.25) is 0 Å². The van der Waals surface area contributed by atoms with Crippen LogP contribution in [0.2, 0.25) is 0 Å². The molecule has 0 bridgehead atoms. The van der Waals surface area contributed by atoms with Gasteiger partial charge in [-0.15, -0.1) is 0 Å². The SMILES string of the molecule is COc1cc(C)c(O)c(C/C=C(\C)CC/C=C(\C)CC/C=C(\C)CCC=C(C)C)c1. The summed E-state index contributed by atoms with van der Waals surface area (Å²) in [4.78, 5) is 0. The summed E-state index contributed by atoms with van der Waals surface area (Å²) in [5.74, 6) is 1.17. The van der Waals surface area contributed by atoms with Crippen molar-refractivity contribution in [3.05, 3.63) is 69.9 Å². The van der Waals surface area contributed by atoms with Gasteiger partial charge in [0.25, 0.3) is 0 Å². The van der Waals surface area contributed by atoms with Crippen LogP contribution in [0.15, 0.2) is 58.7 Å². The molecular formula is C28H42O2. The summed E-state index contributed by atoms with van der Waals surface area (Å²) in [5, 5.41) is 10.3. The number of aryl methyl sites for hydroxylation is 1. The Morgan fingerprint density at radius 3 is 1.80 bits per heavy atom. The van der Waals surface area contributed by atoms with E-state index < -0.39 is 0 Å². The molecule has 0 fully saturated rings. The Labute approximate surface area is 185 Å². The zero-order valence-electron chi connectivity index (χ0n) is 20.3. The minimum absolute atomic E-state index is 0.375. The quantitative estimate of drug-likeness (QED) is 0.350. The maximum atomic E-state index is 10.3. The molecule has 0 saturated heterocycles. The molecule has 0 aromatic heterocycles. The molecule has 2 nitrogen and oxygen atoms in total. The summed E-state index contributed by atoms with van der Waals surface area (Å²) in [6.07, 6.45) is 16.7. The van der Waals surface area contributed by atoms with Crippen molar-refractivity contribution in [3.8, 4) is 11.5 Å². The van der Waals surface area contributed by atoms with Crippen molar-refractivity contribution in [1.29, 1.82) is 0 Å². The molecule has 0 radical (unpaired) electrons. The van der Waals surface area contributed by atoms with Crippen LogP contribution in [0, 0.1) is 6.92 Å². The maximum absolute atomic E-state index is 10.3. The normalized spacial score (nSPS) is 12.8. The molecule has 0 atom stereocenters. The molecule has 0 heterocycles. The van der Waals surface area contributed by atoms with Gasteiger partial charge in [0, 0.05) is 5.56 Å². The molecular weight excluding hydrogens is 368 g/mol. The third-order valence-electron chi connectivity index (χ3n) is 5.41. The van der Waals surface area contributed by atoms with Crippen LogP contribution >= 0.6 is 0 Å². The number of methoxy groups -OCH3 is 1. The summed E-state index contributed by atoms with van der Waals surface area (Å²) in [6, 6.07) is 3.79. The van der Waals surface area contributed by atoms with Crippen LogP contribution < -0.4 is 4.74 Å². The summed E-state index contributed by atoms with van der Waals surface area (Å²) in [6.45, 7) is 12.9. The molecule has 0 aliphatic rings. The van der Waals surface area contributed by atoms with Crippen molar-refractivity contribution < 1.29 is 9.84 Å². The van der Waals surface area contributed by atoms with E-state index in [-0.39, 0.29) is 0 Å². The molecule has 1 N–H and O–H groups in total. The van der Waals surface area contributed by atoms with E-state index in [0.717, 1.165) is 55.4 Å². The van der Waals surface area contributed by atoms with Crippen molar-refractivity contribution >= 4 is 0 Å². The summed E-state index contributed by atoms with van der Waals surface area (Å²) >= 11 is 0. The molecule has 0 aliphatic carbocycles. The van der Waals surface area contributed by atoms with E-state index in [2.05, 4.69) is 58.9 Å². The van der Waals surface area contributed by atoms with Gasteiger partial charge in [-0.2, -0.15) is 0 Å². The molecule has 2 heteroatoms.